The molecule has 1 atom stereocenters. The highest BCUT2D eigenvalue weighted by Gasteiger charge is 2.32. The van der Waals surface area contributed by atoms with Gasteiger partial charge in [0, 0.05) is 37.9 Å². The SMILES string of the molecule is CCOc1ccccc1C(=O)N1CC[C@@H](c2nn(CCN)c3nccnc23)C1. The monoisotopic (exact) mass is 380 g/mol. The second-order valence-corrected chi connectivity index (χ2v) is 6.79. The van der Waals surface area contributed by atoms with Gasteiger partial charge in [-0.05, 0) is 25.5 Å². The zero-order valence-corrected chi connectivity index (χ0v) is 15.9. The third-order valence-electron chi connectivity index (χ3n) is 5.01. The van der Waals surface area contributed by atoms with Gasteiger partial charge in [0.2, 0.25) is 0 Å². The summed E-state index contributed by atoms with van der Waals surface area (Å²) in [6, 6.07) is 7.39. The number of fused-ring (bicyclic) bond motifs is 1. The van der Waals surface area contributed by atoms with Gasteiger partial charge in [-0.25, -0.2) is 14.6 Å². The molecule has 0 aliphatic carbocycles. The normalized spacial score (nSPS) is 16.6. The van der Waals surface area contributed by atoms with E-state index in [1.165, 1.54) is 0 Å². The van der Waals surface area contributed by atoms with Crippen molar-refractivity contribution < 1.29 is 9.53 Å². The number of likely N-dealkylation sites (tertiary alicyclic amines) is 1. The van der Waals surface area contributed by atoms with Crippen molar-refractivity contribution in [3.63, 3.8) is 0 Å². The number of amides is 1. The molecule has 4 rings (SSSR count). The molecule has 2 N–H and O–H groups in total. The largest absolute Gasteiger partial charge is 0.493 e. The van der Waals surface area contributed by atoms with Crippen LogP contribution in [0.4, 0.5) is 0 Å². The van der Waals surface area contributed by atoms with Gasteiger partial charge in [0.05, 0.1) is 24.4 Å². The highest BCUT2D eigenvalue weighted by molar-refractivity contribution is 5.97. The smallest absolute Gasteiger partial charge is 0.257 e. The van der Waals surface area contributed by atoms with Crippen LogP contribution in [0.15, 0.2) is 36.7 Å². The van der Waals surface area contributed by atoms with Crippen LogP contribution in [0.1, 0.15) is 35.3 Å². The first kappa shape index (κ1) is 18.4. The van der Waals surface area contributed by atoms with Crippen molar-refractivity contribution in [2.24, 2.45) is 5.73 Å². The number of carbonyl (C=O) groups excluding carboxylic acids is 1. The fourth-order valence-corrected chi connectivity index (χ4v) is 3.74. The Hall–Kier alpha value is -3.00. The zero-order chi connectivity index (χ0) is 19.5. The third-order valence-corrected chi connectivity index (χ3v) is 5.01. The van der Waals surface area contributed by atoms with E-state index in [2.05, 4.69) is 9.97 Å². The van der Waals surface area contributed by atoms with Crippen molar-refractivity contribution in [2.75, 3.05) is 26.2 Å². The van der Waals surface area contributed by atoms with Crippen LogP contribution in [0.5, 0.6) is 5.75 Å². The number of nitrogens with two attached hydrogens (primary N) is 1. The fourth-order valence-electron chi connectivity index (χ4n) is 3.74. The highest BCUT2D eigenvalue weighted by Crippen LogP contribution is 2.32. The lowest BCUT2D eigenvalue weighted by atomic mass is 10.0. The zero-order valence-electron chi connectivity index (χ0n) is 15.9. The van der Waals surface area contributed by atoms with Crippen LogP contribution >= 0.6 is 0 Å². The number of hydrogen-bond donors (Lipinski definition) is 1. The maximum Gasteiger partial charge on any atom is 0.257 e. The van der Waals surface area contributed by atoms with E-state index in [0.29, 0.717) is 44.1 Å². The van der Waals surface area contributed by atoms with Crippen molar-refractivity contribution in [3.05, 3.63) is 47.9 Å². The molecule has 8 nitrogen and oxygen atoms in total. The Balaban J connectivity index is 1.58. The molecule has 2 aromatic heterocycles. The van der Waals surface area contributed by atoms with E-state index in [1.54, 1.807) is 12.4 Å². The predicted octanol–water partition coefficient (Wildman–Crippen LogP) is 1.81. The van der Waals surface area contributed by atoms with E-state index >= 15 is 0 Å². The molecule has 0 bridgehead atoms. The molecule has 1 saturated heterocycles. The summed E-state index contributed by atoms with van der Waals surface area (Å²) < 4.78 is 7.44. The fraction of sp³-hybridized carbons (Fsp3) is 0.400. The first-order chi connectivity index (χ1) is 13.7. The molecule has 1 fully saturated rings. The maximum atomic E-state index is 13.1. The lowest BCUT2D eigenvalue weighted by molar-refractivity contribution is 0.0786. The molecule has 0 unspecified atom stereocenters. The molecule has 3 aromatic rings. The minimum atomic E-state index is -0.0108. The van der Waals surface area contributed by atoms with Crippen molar-refractivity contribution in [1.82, 2.24) is 24.6 Å². The Kier molecular flexibility index (Phi) is 5.21. The molecule has 0 spiro atoms. The van der Waals surface area contributed by atoms with Crippen molar-refractivity contribution in [1.29, 1.82) is 0 Å². The molecule has 8 heteroatoms. The second-order valence-electron chi connectivity index (χ2n) is 6.79. The van der Waals surface area contributed by atoms with Crippen LogP contribution < -0.4 is 10.5 Å². The highest BCUT2D eigenvalue weighted by atomic mass is 16.5. The number of hydrogen-bond acceptors (Lipinski definition) is 6. The first-order valence-electron chi connectivity index (χ1n) is 9.61. The summed E-state index contributed by atoms with van der Waals surface area (Å²) in [6.07, 6.45) is 4.18. The van der Waals surface area contributed by atoms with Gasteiger partial charge in [0.25, 0.3) is 5.91 Å². The summed E-state index contributed by atoms with van der Waals surface area (Å²) in [5.41, 5.74) is 8.74. The van der Waals surface area contributed by atoms with E-state index in [-0.39, 0.29) is 11.8 Å². The van der Waals surface area contributed by atoms with Crippen molar-refractivity contribution in [3.8, 4) is 5.75 Å². The van der Waals surface area contributed by atoms with Crippen LogP contribution in [-0.4, -0.2) is 56.8 Å². The van der Waals surface area contributed by atoms with Crippen molar-refractivity contribution >= 4 is 17.1 Å². The first-order valence-corrected chi connectivity index (χ1v) is 9.61. The predicted molar refractivity (Wildman–Crippen MR) is 105 cm³/mol. The van der Waals surface area contributed by atoms with Crippen LogP contribution in [0.25, 0.3) is 11.2 Å². The van der Waals surface area contributed by atoms with Crippen LogP contribution in [-0.2, 0) is 6.54 Å². The van der Waals surface area contributed by atoms with Crippen LogP contribution in [0.3, 0.4) is 0 Å². The van der Waals surface area contributed by atoms with E-state index in [9.17, 15) is 4.79 Å². The molecule has 1 aliphatic rings. The number of aromatic nitrogens is 4. The Morgan fingerprint density at radius 1 is 1.29 bits per heavy atom. The van der Waals surface area contributed by atoms with Gasteiger partial charge in [-0.2, -0.15) is 5.10 Å². The summed E-state index contributed by atoms with van der Waals surface area (Å²) >= 11 is 0. The van der Waals surface area contributed by atoms with E-state index in [1.807, 2.05) is 40.8 Å². The third kappa shape index (κ3) is 3.31. The Morgan fingerprint density at radius 3 is 2.93 bits per heavy atom. The minimum absolute atomic E-state index is 0.0108. The average molecular weight is 380 g/mol. The molecule has 3 heterocycles. The van der Waals surface area contributed by atoms with Crippen molar-refractivity contribution in [2.45, 2.75) is 25.8 Å². The number of rotatable bonds is 6. The van der Waals surface area contributed by atoms with Crippen LogP contribution in [0.2, 0.25) is 0 Å². The van der Waals surface area contributed by atoms with Gasteiger partial charge < -0.3 is 15.4 Å². The second kappa shape index (κ2) is 7.93. The van der Waals surface area contributed by atoms with Gasteiger partial charge in [0.15, 0.2) is 5.65 Å². The molecule has 1 aliphatic heterocycles. The van der Waals surface area contributed by atoms with E-state index < -0.39 is 0 Å². The number of para-hydroxylation sites is 1. The Bertz CT molecular complexity index is 986. The number of ether oxygens (including phenoxy) is 1. The van der Waals surface area contributed by atoms with Gasteiger partial charge in [-0.3, -0.25) is 4.79 Å². The van der Waals surface area contributed by atoms with Gasteiger partial charge >= 0.3 is 0 Å². The molecule has 1 aromatic carbocycles. The minimum Gasteiger partial charge on any atom is -0.493 e. The summed E-state index contributed by atoms with van der Waals surface area (Å²) in [5, 5.41) is 4.72. The summed E-state index contributed by atoms with van der Waals surface area (Å²) in [4.78, 5) is 23.8. The standard InChI is InChI=1S/C20H24N6O2/c1-2-28-16-6-4-3-5-15(16)20(27)25-11-7-14(13-25)17-18-19(23-10-9-22-18)26(24-17)12-8-21/h3-6,9-10,14H,2,7-8,11-13,21H2,1H3/t14-/m1/s1. The van der Waals surface area contributed by atoms with Gasteiger partial charge in [-0.15, -0.1) is 0 Å². The van der Waals surface area contributed by atoms with E-state index in [0.717, 1.165) is 23.3 Å². The number of benzene rings is 1. The number of nitrogens with zero attached hydrogens (tertiary/aromatic N) is 5. The molecule has 0 radical (unpaired) electrons. The van der Waals surface area contributed by atoms with E-state index in [4.69, 9.17) is 15.6 Å². The quantitative estimate of drug-likeness (QED) is 0.700. The lowest BCUT2D eigenvalue weighted by Gasteiger charge is -2.18. The Labute approximate surface area is 163 Å². The molecule has 0 saturated carbocycles. The molecule has 1 amide bonds. The summed E-state index contributed by atoms with van der Waals surface area (Å²) in [6.45, 7) is 4.79. The lowest BCUT2D eigenvalue weighted by Crippen LogP contribution is -2.29. The average Bonchev–Trinajstić information content (AvgIpc) is 3.34. The maximum absolute atomic E-state index is 13.1. The molecular formula is C20H24N6O2. The number of carbonyl (C=O) groups is 1. The molecule has 28 heavy (non-hydrogen) atoms. The summed E-state index contributed by atoms with van der Waals surface area (Å²) in [7, 11) is 0. The topological polar surface area (TPSA) is 99.2 Å². The molecule has 146 valence electrons. The van der Waals surface area contributed by atoms with Gasteiger partial charge in [0.1, 0.15) is 11.3 Å². The van der Waals surface area contributed by atoms with Gasteiger partial charge in [-0.1, -0.05) is 12.1 Å². The Morgan fingerprint density at radius 2 is 2.11 bits per heavy atom. The summed E-state index contributed by atoms with van der Waals surface area (Å²) in [5.74, 6) is 0.742. The van der Waals surface area contributed by atoms with Crippen LogP contribution in [0, 0.1) is 0 Å². The molecular weight excluding hydrogens is 356 g/mol.